The van der Waals surface area contributed by atoms with E-state index in [4.69, 9.17) is 0 Å². The van der Waals surface area contributed by atoms with Crippen LogP contribution in [-0.2, 0) is 0 Å². The highest BCUT2D eigenvalue weighted by Crippen LogP contribution is 2.33. The van der Waals surface area contributed by atoms with Gasteiger partial charge in [-0.15, -0.1) is 0 Å². The Labute approximate surface area is 127 Å². The molecule has 0 aliphatic carbocycles. The van der Waals surface area contributed by atoms with Crippen molar-refractivity contribution in [3.8, 4) is 0 Å². The second-order valence-corrected chi connectivity index (χ2v) is 5.34. The van der Waals surface area contributed by atoms with Gasteiger partial charge in [-0.2, -0.15) is 0 Å². The summed E-state index contributed by atoms with van der Waals surface area (Å²) in [7, 11) is 2.11. The van der Waals surface area contributed by atoms with Crippen LogP contribution in [0.4, 0.5) is 17.1 Å². The van der Waals surface area contributed by atoms with E-state index in [2.05, 4.69) is 92.5 Å². The third-order valence-electron chi connectivity index (χ3n) is 3.60. The summed E-state index contributed by atoms with van der Waals surface area (Å²) in [4.78, 5) is 2.28. The summed E-state index contributed by atoms with van der Waals surface area (Å²) in [5, 5.41) is 0. The van der Waals surface area contributed by atoms with E-state index >= 15 is 0 Å². The number of para-hydroxylation sites is 1. The van der Waals surface area contributed by atoms with Crippen LogP contribution in [0.5, 0.6) is 0 Å². The van der Waals surface area contributed by atoms with Gasteiger partial charge in [0.05, 0.1) is 0 Å². The van der Waals surface area contributed by atoms with Crippen LogP contribution in [0.15, 0.2) is 78.9 Å². The highest BCUT2D eigenvalue weighted by Gasteiger charge is 2.11. The first kappa shape index (κ1) is 13.5. The molecule has 0 amide bonds. The molecule has 0 bridgehead atoms. The molecule has 0 unspecified atom stereocenters. The second-order valence-electron chi connectivity index (χ2n) is 5.34. The number of anilines is 3. The Bertz CT molecular complexity index is 657. The molecule has 0 saturated carbocycles. The van der Waals surface area contributed by atoms with E-state index < -0.39 is 0 Å². The Morgan fingerprint density at radius 2 is 1.10 bits per heavy atom. The van der Waals surface area contributed by atoms with Gasteiger partial charge in [-0.25, -0.2) is 0 Å². The molecule has 0 heterocycles. The summed E-state index contributed by atoms with van der Waals surface area (Å²) in [6, 6.07) is 27.8. The third kappa shape index (κ3) is 3.00. The maximum atomic E-state index is 2.28. The van der Waals surface area contributed by atoms with Crippen LogP contribution in [0, 0.1) is 6.92 Å². The number of aryl methyl sites for hydroxylation is 1. The van der Waals surface area contributed by atoms with E-state index in [9.17, 15) is 0 Å². The van der Waals surface area contributed by atoms with Crippen LogP contribution in [0.3, 0.4) is 0 Å². The van der Waals surface area contributed by atoms with Crippen molar-refractivity contribution < 1.29 is 0 Å². The molecule has 0 aliphatic heterocycles. The zero-order chi connectivity index (χ0) is 14.7. The van der Waals surface area contributed by atoms with Crippen molar-refractivity contribution in [2.75, 3.05) is 4.90 Å². The first-order valence-electron chi connectivity index (χ1n) is 7.22. The van der Waals surface area contributed by atoms with Crippen molar-refractivity contribution in [3.63, 3.8) is 0 Å². The minimum atomic E-state index is 1.17. The van der Waals surface area contributed by atoms with Crippen molar-refractivity contribution >= 4 is 30.4 Å². The van der Waals surface area contributed by atoms with Crippen molar-refractivity contribution in [1.29, 1.82) is 0 Å². The Morgan fingerprint density at radius 1 is 0.619 bits per heavy atom. The van der Waals surface area contributed by atoms with Crippen molar-refractivity contribution in [1.82, 2.24) is 0 Å². The van der Waals surface area contributed by atoms with Gasteiger partial charge in [0.15, 0.2) is 0 Å². The lowest BCUT2D eigenvalue weighted by Crippen LogP contribution is -2.11. The van der Waals surface area contributed by atoms with Gasteiger partial charge in [-0.1, -0.05) is 53.5 Å². The fraction of sp³-hybridized carbons (Fsp3) is 0.0526. The van der Waals surface area contributed by atoms with E-state index in [0.29, 0.717) is 0 Å². The Balaban J connectivity index is 2.11. The van der Waals surface area contributed by atoms with Gasteiger partial charge >= 0.3 is 0 Å². The summed E-state index contributed by atoms with van der Waals surface area (Å²) >= 11 is 0. The molecule has 0 fully saturated rings. The zero-order valence-electron chi connectivity index (χ0n) is 12.5. The van der Waals surface area contributed by atoms with E-state index in [1.807, 2.05) is 6.07 Å². The third-order valence-corrected chi connectivity index (χ3v) is 3.60. The first-order chi connectivity index (χ1) is 10.2. The fourth-order valence-electron chi connectivity index (χ4n) is 2.41. The van der Waals surface area contributed by atoms with Crippen molar-refractivity contribution in [3.05, 3.63) is 84.4 Å². The number of hydrogen-bond acceptors (Lipinski definition) is 1. The summed E-state index contributed by atoms with van der Waals surface area (Å²) in [6.07, 6.45) is 0. The quantitative estimate of drug-likeness (QED) is 0.656. The van der Waals surface area contributed by atoms with Crippen LogP contribution in [0.2, 0.25) is 0 Å². The number of nitrogens with zero attached hydrogens (tertiary/aromatic N) is 1. The molecule has 0 aliphatic rings. The largest absolute Gasteiger partial charge is 0.311 e. The summed E-state index contributed by atoms with van der Waals surface area (Å²) < 4.78 is 0. The molecule has 0 atom stereocenters. The van der Waals surface area contributed by atoms with Gasteiger partial charge in [0.25, 0.3) is 0 Å². The van der Waals surface area contributed by atoms with Crippen LogP contribution >= 0.6 is 0 Å². The van der Waals surface area contributed by atoms with Crippen molar-refractivity contribution in [2.45, 2.75) is 6.92 Å². The first-order valence-corrected chi connectivity index (χ1v) is 7.22. The number of benzene rings is 3. The van der Waals surface area contributed by atoms with E-state index in [-0.39, 0.29) is 0 Å². The van der Waals surface area contributed by atoms with Gasteiger partial charge < -0.3 is 4.90 Å². The number of hydrogen-bond donors (Lipinski definition) is 0. The Hall–Kier alpha value is -2.48. The van der Waals surface area contributed by atoms with Crippen LogP contribution in [-0.4, -0.2) is 7.85 Å². The molecular formula is C19H18BN. The fourth-order valence-corrected chi connectivity index (χ4v) is 2.41. The van der Waals surface area contributed by atoms with Crippen LogP contribution in [0.25, 0.3) is 0 Å². The minimum Gasteiger partial charge on any atom is -0.311 e. The molecule has 0 saturated heterocycles. The molecule has 3 aromatic carbocycles. The van der Waals surface area contributed by atoms with Crippen LogP contribution in [0.1, 0.15) is 5.56 Å². The van der Waals surface area contributed by atoms with Gasteiger partial charge in [0.2, 0.25) is 0 Å². The van der Waals surface area contributed by atoms with Crippen LogP contribution < -0.4 is 10.4 Å². The van der Waals surface area contributed by atoms with Crippen molar-refractivity contribution in [2.24, 2.45) is 0 Å². The maximum absolute atomic E-state index is 2.28. The molecule has 3 aromatic rings. The highest BCUT2D eigenvalue weighted by atomic mass is 15.1. The van der Waals surface area contributed by atoms with Gasteiger partial charge in [-0.3, -0.25) is 0 Å². The molecule has 102 valence electrons. The minimum absolute atomic E-state index is 1.17. The van der Waals surface area contributed by atoms with E-state index in [1.54, 1.807) is 0 Å². The lowest BCUT2D eigenvalue weighted by Gasteiger charge is -2.25. The molecule has 3 rings (SSSR count). The molecule has 0 spiro atoms. The average Bonchev–Trinajstić information content (AvgIpc) is 2.52. The lowest BCUT2D eigenvalue weighted by atomic mass is 9.96. The predicted molar refractivity (Wildman–Crippen MR) is 94.0 cm³/mol. The Kier molecular flexibility index (Phi) is 3.78. The second kappa shape index (κ2) is 5.88. The SMILES string of the molecule is Bc1ccc(N(c2ccccc2)c2ccc(C)cc2)cc1. The molecule has 0 radical (unpaired) electrons. The van der Waals surface area contributed by atoms with Gasteiger partial charge in [0, 0.05) is 17.1 Å². The Morgan fingerprint density at radius 3 is 1.67 bits per heavy atom. The summed E-state index contributed by atoms with van der Waals surface area (Å²) in [5.74, 6) is 0. The monoisotopic (exact) mass is 271 g/mol. The van der Waals surface area contributed by atoms with Gasteiger partial charge in [0.1, 0.15) is 7.85 Å². The summed E-state index contributed by atoms with van der Waals surface area (Å²) in [5.41, 5.74) is 6.07. The standard InChI is InChI=1S/C19H18BN/c1-15-7-11-18(12-8-15)21(17-5-3-2-4-6-17)19-13-9-16(20)10-14-19/h2-14H,20H2,1H3. The smallest absolute Gasteiger partial charge is 0.139 e. The lowest BCUT2D eigenvalue weighted by molar-refractivity contribution is 1.28. The van der Waals surface area contributed by atoms with E-state index in [1.165, 1.54) is 28.1 Å². The highest BCUT2D eigenvalue weighted by molar-refractivity contribution is 6.32. The zero-order valence-corrected chi connectivity index (χ0v) is 12.5. The average molecular weight is 271 g/mol. The predicted octanol–water partition coefficient (Wildman–Crippen LogP) is 3.72. The molecule has 1 nitrogen and oxygen atoms in total. The molecule has 2 heteroatoms. The van der Waals surface area contributed by atoms with Gasteiger partial charge in [-0.05, 0) is 43.3 Å². The molecular weight excluding hydrogens is 253 g/mol. The summed E-state index contributed by atoms with van der Waals surface area (Å²) in [6.45, 7) is 2.11. The number of rotatable bonds is 3. The molecule has 21 heavy (non-hydrogen) atoms. The van der Waals surface area contributed by atoms with E-state index in [0.717, 1.165) is 0 Å². The molecule has 0 aromatic heterocycles. The normalized spacial score (nSPS) is 10.3. The topological polar surface area (TPSA) is 3.24 Å². The molecule has 0 N–H and O–H groups in total. The maximum Gasteiger partial charge on any atom is 0.139 e.